The zero-order valence-electron chi connectivity index (χ0n) is 12.9. The first-order valence-corrected chi connectivity index (χ1v) is 10.0. The average Bonchev–Trinajstić information content (AvgIpc) is 2.45. The minimum absolute atomic E-state index is 0.0578. The molecule has 7 nitrogen and oxygen atoms in total. The van der Waals surface area contributed by atoms with E-state index in [1.165, 1.54) is 26.2 Å². The van der Waals surface area contributed by atoms with Crippen molar-refractivity contribution in [3.05, 3.63) is 18.2 Å². The van der Waals surface area contributed by atoms with Crippen LogP contribution in [0.3, 0.4) is 0 Å². The van der Waals surface area contributed by atoms with Crippen molar-refractivity contribution < 1.29 is 21.2 Å². The van der Waals surface area contributed by atoms with E-state index >= 15 is 0 Å². The van der Waals surface area contributed by atoms with Gasteiger partial charge in [-0.25, -0.2) is 30.7 Å². The molecule has 0 radical (unpaired) electrons. The van der Waals surface area contributed by atoms with Gasteiger partial charge in [0, 0.05) is 27.2 Å². The van der Waals surface area contributed by atoms with Crippen molar-refractivity contribution in [1.29, 1.82) is 0 Å². The number of halogens is 1. The van der Waals surface area contributed by atoms with Crippen LogP contribution in [0.15, 0.2) is 28.0 Å². The van der Waals surface area contributed by atoms with Gasteiger partial charge in [-0.1, -0.05) is 0 Å². The standard InChI is InChI=1S/C13H20FN3O4S2/c1-16(2)23(20,21)11-5-6-12(13(8-11)22(15,18)19)17-7-3-4-10(14)9-17/h5-6,8,10H,3-4,7,9H2,1-2H3,(H2,15,18,19). The Labute approximate surface area is 136 Å². The molecule has 0 aromatic heterocycles. The molecule has 1 saturated heterocycles. The number of hydrogen-bond acceptors (Lipinski definition) is 5. The summed E-state index contributed by atoms with van der Waals surface area (Å²) in [5.41, 5.74) is 0.229. The van der Waals surface area contributed by atoms with E-state index in [1.54, 1.807) is 4.90 Å². The van der Waals surface area contributed by atoms with Gasteiger partial charge in [-0.05, 0) is 31.0 Å². The van der Waals surface area contributed by atoms with Gasteiger partial charge < -0.3 is 4.90 Å². The lowest BCUT2D eigenvalue weighted by atomic mass is 10.1. The summed E-state index contributed by atoms with van der Waals surface area (Å²) in [6.07, 6.45) is -0.0423. The monoisotopic (exact) mass is 365 g/mol. The largest absolute Gasteiger partial charge is 0.368 e. The number of alkyl halides is 1. The van der Waals surface area contributed by atoms with Gasteiger partial charge in [-0.2, -0.15) is 0 Å². The highest BCUT2D eigenvalue weighted by Crippen LogP contribution is 2.30. The molecule has 0 spiro atoms. The Morgan fingerprint density at radius 3 is 2.43 bits per heavy atom. The summed E-state index contributed by atoms with van der Waals surface area (Å²) in [4.78, 5) is 1.10. The Bertz CT molecular complexity index is 793. The number of nitrogens with zero attached hydrogens (tertiary/aromatic N) is 2. The lowest BCUT2D eigenvalue weighted by Crippen LogP contribution is -2.37. The molecule has 1 aliphatic heterocycles. The van der Waals surface area contributed by atoms with E-state index in [1.807, 2.05) is 0 Å². The lowest BCUT2D eigenvalue weighted by Gasteiger charge is -2.32. The van der Waals surface area contributed by atoms with Gasteiger partial charge in [-0.15, -0.1) is 0 Å². The molecule has 130 valence electrons. The molecule has 23 heavy (non-hydrogen) atoms. The van der Waals surface area contributed by atoms with Gasteiger partial charge >= 0.3 is 0 Å². The molecule has 1 aromatic rings. The third kappa shape index (κ3) is 3.82. The van der Waals surface area contributed by atoms with E-state index in [0.29, 0.717) is 19.4 Å². The van der Waals surface area contributed by atoms with Crippen LogP contribution in [-0.2, 0) is 20.0 Å². The molecule has 1 heterocycles. The molecule has 2 N–H and O–H groups in total. The highest BCUT2D eigenvalue weighted by molar-refractivity contribution is 7.90. The van der Waals surface area contributed by atoms with Crippen LogP contribution < -0.4 is 10.0 Å². The smallest absolute Gasteiger partial charge is 0.242 e. The third-order valence-electron chi connectivity index (χ3n) is 3.72. The molecule has 0 saturated carbocycles. The fraction of sp³-hybridized carbons (Fsp3) is 0.538. The summed E-state index contributed by atoms with van der Waals surface area (Å²) in [6, 6.07) is 3.71. The first kappa shape index (κ1) is 18.1. The number of anilines is 1. The number of rotatable bonds is 4. The molecular weight excluding hydrogens is 345 g/mol. The third-order valence-corrected chi connectivity index (χ3v) is 6.47. The second kappa shape index (κ2) is 6.34. The number of nitrogens with two attached hydrogens (primary N) is 1. The fourth-order valence-electron chi connectivity index (χ4n) is 2.50. The number of sulfonamides is 2. The lowest BCUT2D eigenvalue weighted by molar-refractivity contribution is 0.286. The van der Waals surface area contributed by atoms with Crippen molar-refractivity contribution >= 4 is 25.7 Å². The van der Waals surface area contributed by atoms with Gasteiger partial charge in [0.05, 0.1) is 10.6 Å². The van der Waals surface area contributed by atoms with Crippen LogP contribution in [-0.4, -0.2) is 54.5 Å². The maximum atomic E-state index is 13.6. The van der Waals surface area contributed by atoms with Gasteiger partial charge in [0.2, 0.25) is 20.0 Å². The van der Waals surface area contributed by atoms with Crippen molar-refractivity contribution in [1.82, 2.24) is 4.31 Å². The Balaban J connectivity index is 2.57. The number of hydrogen-bond donors (Lipinski definition) is 1. The van der Waals surface area contributed by atoms with E-state index in [2.05, 4.69) is 0 Å². The van der Waals surface area contributed by atoms with Crippen LogP contribution in [0.4, 0.5) is 10.1 Å². The highest BCUT2D eigenvalue weighted by atomic mass is 32.2. The predicted molar refractivity (Wildman–Crippen MR) is 85.0 cm³/mol. The van der Waals surface area contributed by atoms with Crippen LogP contribution in [0.5, 0.6) is 0 Å². The van der Waals surface area contributed by atoms with E-state index < -0.39 is 26.2 Å². The predicted octanol–water partition coefficient (Wildman–Crippen LogP) is 0.523. The molecule has 1 aromatic carbocycles. The van der Waals surface area contributed by atoms with E-state index in [0.717, 1.165) is 10.4 Å². The van der Waals surface area contributed by atoms with Crippen molar-refractivity contribution in [2.75, 3.05) is 32.1 Å². The van der Waals surface area contributed by atoms with Crippen molar-refractivity contribution in [3.8, 4) is 0 Å². The number of primary sulfonamides is 1. The zero-order chi connectivity index (χ0) is 17.4. The van der Waals surface area contributed by atoms with Crippen molar-refractivity contribution in [2.45, 2.75) is 28.8 Å². The number of piperidine rings is 1. The van der Waals surface area contributed by atoms with E-state index in [-0.39, 0.29) is 22.0 Å². The Kier molecular flexibility index (Phi) is 5.00. The summed E-state index contributed by atoms with van der Waals surface area (Å²) in [5.74, 6) is 0. The number of benzene rings is 1. The quantitative estimate of drug-likeness (QED) is 0.838. The Hall–Kier alpha value is -1.23. The summed E-state index contributed by atoms with van der Waals surface area (Å²) >= 11 is 0. The molecule has 1 atom stereocenters. The summed E-state index contributed by atoms with van der Waals surface area (Å²) in [6.45, 7) is 0.547. The Morgan fingerprint density at radius 1 is 1.26 bits per heavy atom. The second-order valence-electron chi connectivity index (χ2n) is 5.65. The summed E-state index contributed by atoms with van der Waals surface area (Å²) in [7, 11) is -5.26. The van der Waals surface area contributed by atoms with Crippen LogP contribution in [0, 0.1) is 0 Å². The second-order valence-corrected chi connectivity index (χ2v) is 9.33. The van der Waals surface area contributed by atoms with E-state index in [9.17, 15) is 21.2 Å². The average molecular weight is 365 g/mol. The fourth-order valence-corrected chi connectivity index (χ4v) is 4.28. The van der Waals surface area contributed by atoms with E-state index in [4.69, 9.17) is 5.14 Å². The van der Waals surface area contributed by atoms with Gasteiger partial charge in [-0.3, -0.25) is 0 Å². The molecular formula is C13H20FN3O4S2. The molecule has 1 unspecified atom stereocenters. The van der Waals surface area contributed by atoms with Gasteiger partial charge in [0.25, 0.3) is 0 Å². The SMILES string of the molecule is CN(C)S(=O)(=O)c1ccc(N2CCCC(F)C2)c(S(N)(=O)=O)c1. The molecule has 0 bridgehead atoms. The molecule has 0 amide bonds. The molecule has 10 heteroatoms. The Morgan fingerprint density at radius 2 is 1.91 bits per heavy atom. The first-order chi connectivity index (χ1) is 10.5. The molecule has 2 rings (SSSR count). The van der Waals surface area contributed by atoms with Crippen LogP contribution in [0.1, 0.15) is 12.8 Å². The van der Waals surface area contributed by atoms with Gasteiger partial charge in [0.15, 0.2) is 0 Å². The normalized spacial score (nSPS) is 20.0. The maximum Gasteiger partial charge on any atom is 0.242 e. The molecule has 0 aliphatic carbocycles. The highest BCUT2D eigenvalue weighted by Gasteiger charge is 2.27. The topological polar surface area (TPSA) is 101 Å². The van der Waals surface area contributed by atoms with Crippen LogP contribution in [0.25, 0.3) is 0 Å². The molecule has 1 aliphatic rings. The minimum Gasteiger partial charge on any atom is -0.368 e. The maximum absolute atomic E-state index is 13.6. The van der Waals surface area contributed by atoms with Gasteiger partial charge in [0.1, 0.15) is 11.1 Å². The first-order valence-electron chi connectivity index (χ1n) is 7.02. The van der Waals surface area contributed by atoms with Crippen LogP contribution in [0.2, 0.25) is 0 Å². The van der Waals surface area contributed by atoms with Crippen LogP contribution >= 0.6 is 0 Å². The molecule has 1 fully saturated rings. The minimum atomic E-state index is -4.16. The summed E-state index contributed by atoms with van der Waals surface area (Å²) in [5, 5.41) is 5.23. The van der Waals surface area contributed by atoms with Crippen molar-refractivity contribution in [3.63, 3.8) is 0 Å². The summed E-state index contributed by atoms with van der Waals surface area (Å²) < 4.78 is 62.7. The van der Waals surface area contributed by atoms with Crippen molar-refractivity contribution in [2.24, 2.45) is 5.14 Å². The zero-order valence-corrected chi connectivity index (χ0v) is 14.6.